The van der Waals surface area contributed by atoms with Crippen LogP contribution in [0.5, 0.6) is 0 Å². The molecule has 0 unspecified atom stereocenters. The highest BCUT2D eigenvalue weighted by atomic mass is 35.5. The van der Waals surface area contributed by atoms with E-state index in [9.17, 15) is 4.79 Å². The first-order valence-electron chi connectivity index (χ1n) is 27.8. The molecule has 0 aromatic carbocycles. The minimum absolute atomic E-state index is 0. The van der Waals surface area contributed by atoms with E-state index < -0.39 is 0 Å². The number of hydrogen-bond donors (Lipinski definition) is 6. The SMILES string of the molecule is C1=CSC(=C2C3=NC(=CC4=NC(=C(c5nccs5)c5ccc([nH]5)C=C5C=CC2=N5)C=C4)C=C3)N1.CN1C=CSC1=C1C2=NC(=CC3=[NH+]C(=C(c4scc[n+]4C)C4=NC(=Cc5ccc1[nH]5)C=C4)C=C3)C=C2.O=Cc1nccs1.[Cl-].[Cl-].c1c[nH]c(Cc2ccc[nH]2)c1. The Morgan fingerprint density at radius 3 is 1.79 bits per heavy atom. The number of aromatic nitrogens is 7. The molecule has 10 aliphatic rings. The zero-order valence-corrected chi connectivity index (χ0v) is 53.4. The molecule has 0 amide bonds. The van der Waals surface area contributed by atoms with Crippen LogP contribution < -0.4 is 39.7 Å². The molecule has 444 valence electrons. The maximum absolute atomic E-state index is 9.82. The molecule has 17 heterocycles. The first-order chi connectivity index (χ1) is 43.3. The Balaban J connectivity index is 0.000000134. The topological polar surface area (TPSA) is 201 Å². The van der Waals surface area contributed by atoms with Crippen LogP contribution in [0.25, 0.3) is 28.9 Å². The monoisotopic (exact) mass is 1310 g/mol. The van der Waals surface area contributed by atoms with Gasteiger partial charge in [-0.15, -0.1) is 22.7 Å². The number of aromatic amines is 4. The van der Waals surface area contributed by atoms with E-state index in [1.807, 2.05) is 90.2 Å². The fraction of sp³-hybridized carbons (Fsp3) is 0.0448. The molecule has 0 atom stereocenters. The van der Waals surface area contributed by atoms with Crippen LogP contribution in [0.15, 0.2) is 279 Å². The van der Waals surface area contributed by atoms with Gasteiger partial charge >= 0.3 is 0 Å². The molecule has 0 radical (unpaired) electrons. The number of thiazole rings is 3. The van der Waals surface area contributed by atoms with Crippen molar-refractivity contribution in [3.05, 3.63) is 303 Å². The summed E-state index contributed by atoms with van der Waals surface area (Å²) in [5.41, 5.74) is 21.6. The Morgan fingerprint density at radius 1 is 0.600 bits per heavy atom. The first kappa shape index (κ1) is 60.7. The zero-order valence-electron chi connectivity index (χ0n) is 47.8. The number of aryl methyl sites for hydroxylation is 1. The maximum Gasteiger partial charge on any atom is 0.277 e. The Kier molecular flexibility index (Phi) is 18.5. The summed E-state index contributed by atoms with van der Waals surface area (Å²) in [5, 5.41) is 18.1. The van der Waals surface area contributed by atoms with Crippen molar-refractivity contribution in [1.29, 1.82) is 0 Å². The summed E-state index contributed by atoms with van der Waals surface area (Å²) < 4.78 is 2.14. The number of thioether (sulfide) groups is 2. The van der Waals surface area contributed by atoms with Gasteiger partial charge in [-0.2, -0.15) is 4.57 Å². The van der Waals surface area contributed by atoms with Crippen LogP contribution in [0, 0.1) is 0 Å². The van der Waals surface area contributed by atoms with Gasteiger partial charge in [0.2, 0.25) is 11.4 Å². The normalized spacial score (nSPS) is 19.1. The van der Waals surface area contributed by atoms with Gasteiger partial charge in [0.25, 0.3) is 5.01 Å². The van der Waals surface area contributed by atoms with Gasteiger partial charge in [-0.1, -0.05) is 34.9 Å². The van der Waals surface area contributed by atoms with Crippen molar-refractivity contribution in [3.63, 3.8) is 0 Å². The molecule has 0 saturated carbocycles. The minimum atomic E-state index is 0. The van der Waals surface area contributed by atoms with Gasteiger partial charge in [0, 0.05) is 102 Å². The highest BCUT2D eigenvalue weighted by Crippen LogP contribution is 2.38. The van der Waals surface area contributed by atoms with Gasteiger partial charge in [0.1, 0.15) is 12.1 Å². The molecule has 0 saturated heterocycles. The molecule has 16 nitrogen and oxygen atoms in total. The largest absolute Gasteiger partial charge is 1.00 e. The van der Waals surface area contributed by atoms with E-state index in [2.05, 4.69) is 178 Å². The second-order valence-corrected chi connectivity index (χ2v) is 24.8. The lowest BCUT2D eigenvalue weighted by Crippen LogP contribution is -3.00. The fourth-order valence-corrected chi connectivity index (χ4v) is 14.1. The standard InChI is InChI=1S/C28H21N6S2.C26H16N6S2.C9H10N2.C4H3NOS.2ClH/c1-33-11-13-35-27(33)25-21-7-3-17(29-21)15-19-5-9-23(31-19)26(28-34(2)12-14-36-28)24-10-6-20(32-24)16-18-4-8-22(25)30-18;1-5-19-23(25-27-9-11-33-25)20-7-3-17(31-20)14-18-4-8-22(32-18)24(26-28-10-12-34-26)21-6-2-16(30-21)13-15(1)29-19;1-3-8(10-5-1)7-9-4-2-6-11-9;6-3-4-5-1-2-7-4;;/h3-16,29H,1-2H3;1-14,27,30H;1-6,10-11H,7H2;1-3H;2*1H/q+1;;;;;/p-1. The summed E-state index contributed by atoms with van der Waals surface area (Å²) in [6.45, 7) is 0. The molecule has 16 bridgehead atoms. The van der Waals surface area contributed by atoms with E-state index in [0.29, 0.717) is 5.01 Å². The molecule has 10 aliphatic heterocycles. The van der Waals surface area contributed by atoms with Crippen LogP contribution in [0.3, 0.4) is 0 Å². The Morgan fingerprint density at radius 2 is 1.23 bits per heavy atom. The average Bonchev–Trinajstić information content (AvgIpc) is 1.93. The third-order valence-corrected chi connectivity index (χ3v) is 18.6. The van der Waals surface area contributed by atoms with Gasteiger partial charge in [0.15, 0.2) is 23.1 Å². The van der Waals surface area contributed by atoms with Crippen molar-refractivity contribution in [2.24, 2.45) is 32.0 Å². The van der Waals surface area contributed by atoms with Crippen LogP contribution >= 0.6 is 57.5 Å². The van der Waals surface area contributed by atoms with Crippen molar-refractivity contribution in [2.75, 3.05) is 7.05 Å². The minimum Gasteiger partial charge on any atom is -1.00 e. The highest BCUT2D eigenvalue weighted by Gasteiger charge is 2.31. The number of nitrogens with zero attached hydrogens (tertiary/aromatic N) is 9. The number of carbonyl (C=O) groups is 1. The quantitative estimate of drug-likeness (QED) is 0.0911. The second kappa shape index (κ2) is 27.4. The zero-order chi connectivity index (χ0) is 59.3. The van der Waals surface area contributed by atoms with Crippen molar-refractivity contribution in [2.45, 2.75) is 6.42 Å². The molecule has 17 rings (SSSR count). The summed E-state index contributed by atoms with van der Waals surface area (Å²) in [5.74, 6) is 0. The van der Waals surface area contributed by atoms with E-state index in [4.69, 9.17) is 25.0 Å². The molecule has 0 aliphatic carbocycles. The van der Waals surface area contributed by atoms with Gasteiger partial charge in [0.05, 0.1) is 101 Å². The predicted octanol–water partition coefficient (Wildman–Crippen LogP) is 5.90. The number of nitrogens with one attached hydrogen (secondary N) is 6. The number of fused-ring (bicyclic) bond motifs is 10. The van der Waals surface area contributed by atoms with Crippen molar-refractivity contribution >= 4 is 127 Å². The van der Waals surface area contributed by atoms with E-state index in [0.717, 1.165) is 146 Å². The molecule has 7 aromatic rings. The van der Waals surface area contributed by atoms with Crippen LogP contribution in [0.2, 0.25) is 0 Å². The van der Waals surface area contributed by atoms with Crippen LogP contribution in [-0.2, 0) is 13.5 Å². The lowest BCUT2D eigenvalue weighted by atomic mass is 10.1. The number of rotatable bonds is 5. The second-order valence-electron chi connectivity index (χ2n) is 20.3. The number of hydrogen-bond acceptors (Lipinski definition) is 15. The third kappa shape index (κ3) is 13.4. The first-order valence-corrected chi connectivity index (χ1v) is 32.2. The van der Waals surface area contributed by atoms with Crippen molar-refractivity contribution in [1.82, 2.24) is 40.1 Å². The summed E-state index contributed by atoms with van der Waals surface area (Å²) in [4.78, 5) is 62.0. The van der Waals surface area contributed by atoms with Crippen molar-refractivity contribution < 1.29 is 39.2 Å². The number of aldehydes is 1. The smallest absolute Gasteiger partial charge is 0.277 e. The molecular weight excluding hydrogens is 1260 g/mol. The molecule has 90 heavy (non-hydrogen) atoms. The number of H-pyrrole nitrogens is 4. The van der Waals surface area contributed by atoms with Crippen LogP contribution in [-0.4, -0.2) is 82.4 Å². The molecule has 0 spiro atoms. The lowest BCUT2D eigenvalue weighted by molar-refractivity contribution is -0.668. The Labute approximate surface area is 550 Å². The van der Waals surface area contributed by atoms with Gasteiger partial charge in [-0.05, 0) is 138 Å². The molecule has 0 fully saturated rings. The summed E-state index contributed by atoms with van der Waals surface area (Å²) in [6, 6.07) is 16.6. The van der Waals surface area contributed by atoms with Crippen molar-refractivity contribution in [3.8, 4) is 0 Å². The predicted molar refractivity (Wildman–Crippen MR) is 362 cm³/mol. The molecule has 6 N–H and O–H groups in total. The number of aliphatic imine (C=N–C) groups is 5. The van der Waals surface area contributed by atoms with E-state index >= 15 is 0 Å². The highest BCUT2D eigenvalue weighted by molar-refractivity contribution is 8.06. The van der Waals surface area contributed by atoms with E-state index in [1.54, 1.807) is 57.8 Å². The van der Waals surface area contributed by atoms with E-state index in [1.165, 1.54) is 22.7 Å². The maximum atomic E-state index is 9.82. The number of carbonyl (C=O) groups excluding carboxylic acids is 1. The fourth-order valence-electron chi connectivity index (χ4n) is 10.3. The van der Waals surface area contributed by atoms with Gasteiger partial charge in [-0.3, -0.25) is 4.79 Å². The van der Waals surface area contributed by atoms with E-state index in [-0.39, 0.29) is 24.8 Å². The molecular formula is C67H51Cl2N15OS5. The van der Waals surface area contributed by atoms with Crippen LogP contribution in [0.4, 0.5) is 0 Å². The van der Waals surface area contributed by atoms with Gasteiger partial charge < -0.3 is 55.0 Å². The van der Waals surface area contributed by atoms with Crippen LogP contribution in [0.1, 0.15) is 54.0 Å². The van der Waals surface area contributed by atoms with Gasteiger partial charge in [-0.25, -0.2) is 39.9 Å². The summed E-state index contributed by atoms with van der Waals surface area (Å²) >= 11 is 8.00. The Bertz CT molecular complexity index is 4650. The Hall–Kier alpha value is -9.58. The molecule has 23 heteroatoms. The number of allylic oxidation sites excluding steroid dienone is 17. The average molecular weight is 1310 g/mol. The molecule has 7 aromatic heterocycles. The summed E-state index contributed by atoms with van der Waals surface area (Å²) in [7, 11) is 4.14. The summed E-state index contributed by atoms with van der Waals surface area (Å²) in [6.07, 6.45) is 48.1. The third-order valence-electron chi connectivity index (χ3n) is 14.3. The lowest BCUT2D eigenvalue weighted by Gasteiger charge is -2.16. The number of halogens is 2.